The van der Waals surface area contributed by atoms with Gasteiger partial charge in [0.2, 0.25) is 5.96 Å². The minimum absolute atomic E-state index is 0.0244. The molecule has 0 saturated carbocycles. The van der Waals surface area contributed by atoms with E-state index >= 15 is 0 Å². The Labute approximate surface area is 172 Å². The Morgan fingerprint density at radius 3 is 2.77 bits per heavy atom. The number of aromatic nitrogens is 1. The minimum atomic E-state index is -0.421. The summed E-state index contributed by atoms with van der Waals surface area (Å²) in [7, 11) is 1.53. The van der Waals surface area contributed by atoms with Crippen LogP contribution in [-0.2, 0) is 6.54 Å². The fourth-order valence-corrected chi connectivity index (χ4v) is 2.64. The lowest BCUT2D eigenvalue weighted by molar-refractivity contribution is 0.262. The van der Waals surface area contributed by atoms with Crippen LogP contribution in [0.2, 0.25) is 0 Å². The molecule has 3 rings (SSSR count). The van der Waals surface area contributed by atoms with Crippen molar-refractivity contribution in [2.24, 2.45) is 10.7 Å². The molecule has 30 heavy (non-hydrogen) atoms. The molecule has 0 aliphatic heterocycles. The number of nitrogens with zero attached hydrogens (tertiary/aromatic N) is 3. The molecule has 0 radical (unpaired) electrons. The summed E-state index contributed by atoms with van der Waals surface area (Å²) in [4.78, 5) is 20.3. The van der Waals surface area contributed by atoms with E-state index in [4.69, 9.17) is 20.1 Å². The number of ether oxygens (including phenoxy) is 1. The van der Waals surface area contributed by atoms with Crippen LogP contribution in [0.5, 0.6) is 5.75 Å². The summed E-state index contributed by atoms with van der Waals surface area (Å²) in [6.07, 6.45) is 4.61. The molecule has 3 aromatic rings. The van der Waals surface area contributed by atoms with Crippen LogP contribution in [0.4, 0.5) is 16.2 Å². The number of methoxy groups -OCH3 is 1. The Morgan fingerprint density at radius 2 is 2.07 bits per heavy atom. The van der Waals surface area contributed by atoms with E-state index in [9.17, 15) is 4.79 Å². The van der Waals surface area contributed by atoms with Crippen molar-refractivity contribution in [3.05, 3.63) is 60.6 Å². The molecule has 0 atom stereocenters. The molecular weight excluding hydrogens is 386 g/mol. The zero-order valence-electron chi connectivity index (χ0n) is 16.0. The number of nitrogens with one attached hydrogen (secondary N) is 3. The lowest BCUT2D eigenvalue weighted by Gasteiger charge is -2.11. The van der Waals surface area contributed by atoms with E-state index in [0.29, 0.717) is 22.9 Å². The SMILES string of the molecule is COc1cc(NC(=O)Nc2cccc(CN=C(N)NC#N)c2)ccc1-c1cnco1. The number of carbonyl (C=O) groups is 1. The molecule has 10 nitrogen and oxygen atoms in total. The molecular formula is C20H19N7O3. The van der Waals surface area contributed by atoms with Gasteiger partial charge in [0, 0.05) is 17.4 Å². The van der Waals surface area contributed by atoms with Crippen molar-refractivity contribution in [1.29, 1.82) is 5.26 Å². The van der Waals surface area contributed by atoms with Crippen LogP contribution in [-0.4, -0.2) is 24.1 Å². The predicted octanol–water partition coefficient (Wildman–Crippen LogP) is 2.88. The molecule has 0 aliphatic rings. The molecule has 0 spiro atoms. The number of hydrogen-bond donors (Lipinski definition) is 4. The highest BCUT2D eigenvalue weighted by atomic mass is 16.5. The number of hydrogen-bond acceptors (Lipinski definition) is 6. The molecule has 0 saturated heterocycles. The van der Waals surface area contributed by atoms with E-state index in [-0.39, 0.29) is 12.5 Å². The van der Waals surface area contributed by atoms with Crippen molar-refractivity contribution in [1.82, 2.24) is 10.3 Å². The molecule has 10 heteroatoms. The van der Waals surface area contributed by atoms with Crippen molar-refractivity contribution in [2.45, 2.75) is 6.54 Å². The summed E-state index contributed by atoms with van der Waals surface area (Å²) < 4.78 is 10.7. The third-order valence-electron chi connectivity index (χ3n) is 3.96. The van der Waals surface area contributed by atoms with Gasteiger partial charge in [-0.05, 0) is 29.8 Å². The van der Waals surface area contributed by atoms with Crippen molar-refractivity contribution in [2.75, 3.05) is 17.7 Å². The number of nitrogens with two attached hydrogens (primary N) is 1. The van der Waals surface area contributed by atoms with Gasteiger partial charge in [-0.25, -0.2) is 14.8 Å². The molecule has 1 aromatic heterocycles. The monoisotopic (exact) mass is 405 g/mol. The van der Waals surface area contributed by atoms with Gasteiger partial charge in [0.05, 0.1) is 25.4 Å². The summed E-state index contributed by atoms with van der Waals surface area (Å²) in [6.45, 7) is 0.262. The van der Waals surface area contributed by atoms with E-state index in [1.54, 1.807) is 48.8 Å². The Kier molecular flexibility index (Phi) is 6.48. The topological polar surface area (TPSA) is 151 Å². The lowest BCUT2D eigenvalue weighted by atomic mass is 10.1. The van der Waals surface area contributed by atoms with E-state index < -0.39 is 6.03 Å². The third-order valence-corrected chi connectivity index (χ3v) is 3.96. The number of oxazole rings is 1. The summed E-state index contributed by atoms with van der Waals surface area (Å²) in [6, 6.07) is 11.9. The molecule has 0 bridgehead atoms. The standard InChI is InChI=1S/C20H19N7O3/c1-29-17-8-15(5-6-16(17)18-10-23-12-30-18)27-20(28)26-14-4-2-3-13(7-14)9-24-19(22)25-11-21/h2-8,10,12H,9H2,1H3,(H3,22,24,25)(H2,26,27,28). The smallest absolute Gasteiger partial charge is 0.323 e. The number of benzene rings is 2. The quantitative estimate of drug-likeness (QED) is 0.213. The van der Waals surface area contributed by atoms with Gasteiger partial charge >= 0.3 is 6.03 Å². The largest absolute Gasteiger partial charge is 0.496 e. The van der Waals surface area contributed by atoms with Crippen LogP contribution in [0.3, 0.4) is 0 Å². The van der Waals surface area contributed by atoms with Crippen LogP contribution in [0.15, 0.2) is 64.5 Å². The minimum Gasteiger partial charge on any atom is -0.496 e. The molecule has 152 valence electrons. The molecule has 0 unspecified atom stereocenters. The van der Waals surface area contributed by atoms with Crippen LogP contribution < -0.4 is 26.4 Å². The van der Waals surface area contributed by atoms with Gasteiger partial charge in [0.25, 0.3) is 0 Å². The fourth-order valence-electron chi connectivity index (χ4n) is 2.64. The zero-order chi connectivity index (χ0) is 21.3. The van der Waals surface area contributed by atoms with Gasteiger partial charge in [-0.15, -0.1) is 0 Å². The number of aliphatic imine (C=N–C) groups is 1. The Balaban J connectivity index is 1.65. The number of anilines is 2. The molecule has 1 heterocycles. The maximum Gasteiger partial charge on any atom is 0.323 e. The average molecular weight is 405 g/mol. The van der Waals surface area contributed by atoms with Crippen LogP contribution in [0, 0.1) is 11.5 Å². The van der Waals surface area contributed by atoms with Gasteiger partial charge in [-0.3, -0.25) is 5.32 Å². The first-order valence-electron chi connectivity index (χ1n) is 8.78. The molecule has 0 aliphatic carbocycles. The third kappa shape index (κ3) is 5.26. The second-order valence-electron chi connectivity index (χ2n) is 6.00. The molecule has 2 aromatic carbocycles. The zero-order valence-corrected chi connectivity index (χ0v) is 16.0. The molecule has 5 N–H and O–H groups in total. The highest BCUT2D eigenvalue weighted by Crippen LogP contribution is 2.32. The van der Waals surface area contributed by atoms with Crippen molar-refractivity contribution >= 4 is 23.4 Å². The second-order valence-corrected chi connectivity index (χ2v) is 6.00. The second kappa shape index (κ2) is 9.61. The number of amides is 2. The normalized spacial score (nSPS) is 10.7. The van der Waals surface area contributed by atoms with Gasteiger partial charge in [0.1, 0.15) is 5.75 Å². The summed E-state index contributed by atoms with van der Waals surface area (Å²) in [5.74, 6) is 1.12. The first kappa shape index (κ1) is 20.2. The van der Waals surface area contributed by atoms with Crippen molar-refractivity contribution in [3.8, 4) is 23.3 Å². The van der Waals surface area contributed by atoms with E-state index in [1.807, 2.05) is 6.07 Å². The van der Waals surface area contributed by atoms with E-state index in [0.717, 1.165) is 11.1 Å². The Bertz CT molecular complexity index is 1090. The summed E-state index contributed by atoms with van der Waals surface area (Å²) >= 11 is 0. The van der Waals surface area contributed by atoms with E-state index in [1.165, 1.54) is 13.5 Å². The average Bonchev–Trinajstić information content (AvgIpc) is 3.27. The first-order chi connectivity index (χ1) is 14.6. The van der Waals surface area contributed by atoms with Crippen LogP contribution in [0.1, 0.15) is 5.56 Å². The number of urea groups is 1. The number of carbonyl (C=O) groups excluding carboxylic acids is 1. The van der Waals surface area contributed by atoms with Crippen molar-refractivity contribution in [3.63, 3.8) is 0 Å². The van der Waals surface area contributed by atoms with Gasteiger partial charge in [0.15, 0.2) is 18.3 Å². The highest BCUT2D eigenvalue weighted by molar-refractivity contribution is 6.00. The van der Waals surface area contributed by atoms with Gasteiger partial charge in [-0.1, -0.05) is 12.1 Å². The Hall–Kier alpha value is -4.52. The number of guanidine groups is 1. The maximum atomic E-state index is 12.4. The summed E-state index contributed by atoms with van der Waals surface area (Å²) in [5, 5.41) is 16.3. The van der Waals surface area contributed by atoms with Crippen LogP contribution in [0.25, 0.3) is 11.3 Å². The lowest BCUT2D eigenvalue weighted by Crippen LogP contribution is -2.27. The first-order valence-corrected chi connectivity index (χ1v) is 8.78. The fraction of sp³-hybridized carbons (Fsp3) is 0.100. The number of nitriles is 1. The van der Waals surface area contributed by atoms with Crippen LogP contribution >= 0.6 is 0 Å². The predicted molar refractivity (Wildman–Crippen MR) is 112 cm³/mol. The number of rotatable bonds is 6. The molecule has 2 amide bonds. The molecule has 0 fully saturated rings. The highest BCUT2D eigenvalue weighted by Gasteiger charge is 2.11. The maximum absolute atomic E-state index is 12.4. The van der Waals surface area contributed by atoms with Gasteiger partial charge in [-0.2, -0.15) is 5.26 Å². The Morgan fingerprint density at radius 1 is 1.27 bits per heavy atom. The van der Waals surface area contributed by atoms with E-state index in [2.05, 4.69) is 25.9 Å². The summed E-state index contributed by atoms with van der Waals surface area (Å²) in [5.41, 5.74) is 8.18. The van der Waals surface area contributed by atoms with Gasteiger partial charge < -0.3 is 25.5 Å². The van der Waals surface area contributed by atoms with Crippen molar-refractivity contribution < 1.29 is 13.9 Å².